The first-order valence-corrected chi connectivity index (χ1v) is 4.81. The molecule has 0 saturated carbocycles. The summed E-state index contributed by atoms with van der Waals surface area (Å²) < 4.78 is 4.82. The van der Waals surface area contributed by atoms with E-state index in [4.69, 9.17) is 16.3 Å². The van der Waals surface area contributed by atoms with E-state index < -0.39 is 12.0 Å². The lowest BCUT2D eigenvalue weighted by Gasteiger charge is -2.05. The number of benzene rings is 1. The van der Waals surface area contributed by atoms with Crippen molar-refractivity contribution in [1.29, 1.82) is 0 Å². The number of carbonyl (C=O) groups is 2. The van der Waals surface area contributed by atoms with Crippen LogP contribution >= 0.6 is 11.6 Å². The van der Waals surface area contributed by atoms with Crippen LogP contribution in [0.15, 0.2) is 36.4 Å². The van der Waals surface area contributed by atoms with Crippen LogP contribution in [-0.2, 0) is 4.79 Å². The molecule has 0 spiro atoms. The lowest BCUT2D eigenvalue weighted by molar-refractivity contribution is -0.116. The molecule has 0 radical (unpaired) electrons. The van der Waals surface area contributed by atoms with Crippen molar-refractivity contribution in [2.45, 2.75) is 6.92 Å². The smallest absolute Gasteiger partial charge is 0.410 e. The van der Waals surface area contributed by atoms with Crippen LogP contribution < -0.4 is 10.1 Å². The molecule has 1 aromatic carbocycles. The Hall–Kier alpha value is -1.81. The molecular weight excluding hydrogens is 230 g/mol. The number of ether oxygens (including phenoxy) is 1. The average Bonchev–Trinajstić information content (AvgIpc) is 2.21. The Morgan fingerprint density at radius 2 is 1.88 bits per heavy atom. The first-order valence-electron chi connectivity index (χ1n) is 4.43. The Kier molecular flexibility index (Phi) is 4.08. The van der Waals surface area contributed by atoms with Crippen LogP contribution in [0.4, 0.5) is 4.79 Å². The number of hydrogen-bond acceptors (Lipinski definition) is 3. The number of nitrogens with one attached hydrogen (secondary N) is 1. The predicted octanol–water partition coefficient (Wildman–Crippen LogP) is 2.53. The van der Waals surface area contributed by atoms with E-state index >= 15 is 0 Å². The zero-order valence-corrected chi connectivity index (χ0v) is 9.38. The van der Waals surface area contributed by atoms with Gasteiger partial charge in [0.1, 0.15) is 5.75 Å². The molecule has 0 aliphatic rings. The molecule has 4 nitrogen and oxygen atoms in total. The molecule has 0 heterocycles. The maximum atomic E-state index is 11.2. The van der Waals surface area contributed by atoms with E-state index in [9.17, 15) is 9.59 Å². The van der Waals surface area contributed by atoms with E-state index in [2.05, 4.69) is 6.58 Å². The molecule has 0 fully saturated rings. The molecule has 2 amide bonds. The van der Waals surface area contributed by atoms with Gasteiger partial charge in [-0.05, 0) is 31.2 Å². The van der Waals surface area contributed by atoms with Gasteiger partial charge in [-0.15, -0.1) is 0 Å². The second kappa shape index (κ2) is 5.32. The van der Waals surface area contributed by atoms with Gasteiger partial charge in [-0.25, -0.2) is 4.79 Å². The van der Waals surface area contributed by atoms with Crippen LogP contribution in [0.5, 0.6) is 5.75 Å². The van der Waals surface area contributed by atoms with Crippen molar-refractivity contribution in [2.75, 3.05) is 0 Å². The summed E-state index contributed by atoms with van der Waals surface area (Å²) in [7, 11) is 0. The minimum absolute atomic E-state index is 0.230. The van der Waals surface area contributed by atoms with Crippen LogP contribution in [-0.4, -0.2) is 12.0 Å². The molecule has 0 unspecified atom stereocenters. The molecule has 1 N–H and O–H groups in total. The molecule has 0 aliphatic heterocycles. The minimum atomic E-state index is -0.852. The van der Waals surface area contributed by atoms with Crippen molar-refractivity contribution in [2.24, 2.45) is 0 Å². The molecule has 0 bridgehead atoms. The Bertz CT molecular complexity index is 425. The summed E-state index contributed by atoms with van der Waals surface area (Å²) >= 11 is 5.65. The van der Waals surface area contributed by atoms with Gasteiger partial charge in [-0.3, -0.25) is 10.1 Å². The Balaban J connectivity index is 2.55. The fourth-order valence-electron chi connectivity index (χ4n) is 0.835. The SMILES string of the molecule is C=C(C)C(=O)NC(=O)Oc1ccc(Cl)cc1. The number of amides is 2. The third-order valence-corrected chi connectivity index (χ3v) is 1.88. The fourth-order valence-corrected chi connectivity index (χ4v) is 0.961. The van der Waals surface area contributed by atoms with E-state index in [0.717, 1.165) is 0 Å². The summed E-state index contributed by atoms with van der Waals surface area (Å²) in [5, 5.41) is 2.54. The van der Waals surface area contributed by atoms with Crippen molar-refractivity contribution < 1.29 is 14.3 Å². The highest BCUT2D eigenvalue weighted by Gasteiger charge is 2.09. The molecule has 0 aliphatic carbocycles. The third-order valence-electron chi connectivity index (χ3n) is 1.63. The largest absolute Gasteiger partial charge is 0.419 e. The highest BCUT2D eigenvalue weighted by molar-refractivity contribution is 6.30. The predicted molar refractivity (Wildman–Crippen MR) is 60.4 cm³/mol. The second-order valence-corrected chi connectivity index (χ2v) is 3.51. The van der Waals surface area contributed by atoms with Gasteiger partial charge in [0.15, 0.2) is 0 Å². The van der Waals surface area contributed by atoms with Crippen LogP contribution in [0.25, 0.3) is 0 Å². The van der Waals surface area contributed by atoms with Crippen molar-refractivity contribution >= 4 is 23.6 Å². The van der Waals surface area contributed by atoms with Crippen LogP contribution in [0, 0.1) is 0 Å². The Morgan fingerprint density at radius 3 is 2.38 bits per heavy atom. The molecule has 1 aromatic rings. The van der Waals surface area contributed by atoms with Gasteiger partial charge < -0.3 is 4.74 Å². The highest BCUT2D eigenvalue weighted by Crippen LogP contribution is 2.15. The topological polar surface area (TPSA) is 55.4 Å². The third kappa shape index (κ3) is 3.74. The number of rotatable bonds is 2. The molecule has 0 atom stereocenters. The molecule has 16 heavy (non-hydrogen) atoms. The monoisotopic (exact) mass is 239 g/mol. The summed E-state index contributed by atoms with van der Waals surface area (Å²) in [5.41, 5.74) is 0.230. The normalized spacial score (nSPS) is 9.38. The lowest BCUT2D eigenvalue weighted by Crippen LogP contribution is -2.33. The van der Waals surface area contributed by atoms with Gasteiger partial charge in [-0.1, -0.05) is 18.2 Å². The number of hydrogen-bond donors (Lipinski definition) is 1. The van der Waals surface area contributed by atoms with Gasteiger partial charge in [0.25, 0.3) is 5.91 Å². The van der Waals surface area contributed by atoms with E-state index in [1.54, 1.807) is 12.1 Å². The molecule has 0 aromatic heterocycles. The average molecular weight is 240 g/mol. The maximum Gasteiger partial charge on any atom is 0.419 e. The summed E-state index contributed by atoms with van der Waals surface area (Å²) in [6, 6.07) is 6.19. The van der Waals surface area contributed by atoms with E-state index in [1.807, 2.05) is 5.32 Å². The highest BCUT2D eigenvalue weighted by atomic mass is 35.5. The van der Waals surface area contributed by atoms with Crippen LogP contribution in [0.1, 0.15) is 6.92 Å². The molecular formula is C11H10ClNO3. The van der Waals surface area contributed by atoms with Crippen molar-refractivity contribution in [3.63, 3.8) is 0 Å². The zero-order valence-electron chi connectivity index (χ0n) is 8.62. The van der Waals surface area contributed by atoms with Gasteiger partial charge in [0.2, 0.25) is 0 Å². The minimum Gasteiger partial charge on any atom is -0.410 e. The summed E-state index contributed by atoms with van der Waals surface area (Å²) in [6.07, 6.45) is -0.852. The molecule has 0 saturated heterocycles. The van der Waals surface area contributed by atoms with Gasteiger partial charge in [0.05, 0.1) is 0 Å². The number of carbonyl (C=O) groups excluding carboxylic acids is 2. The molecule has 5 heteroatoms. The van der Waals surface area contributed by atoms with Crippen molar-refractivity contribution in [3.05, 3.63) is 41.4 Å². The van der Waals surface area contributed by atoms with Crippen LogP contribution in [0.2, 0.25) is 5.02 Å². The summed E-state index contributed by atoms with van der Waals surface area (Å²) in [5.74, 6) is -0.268. The van der Waals surface area contributed by atoms with E-state index in [1.165, 1.54) is 19.1 Å². The quantitative estimate of drug-likeness (QED) is 0.807. The maximum absolute atomic E-state index is 11.2. The number of imide groups is 1. The Morgan fingerprint density at radius 1 is 1.31 bits per heavy atom. The van der Waals surface area contributed by atoms with Gasteiger partial charge >= 0.3 is 6.09 Å². The van der Waals surface area contributed by atoms with E-state index in [-0.39, 0.29) is 5.57 Å². The first kappa shape index (κ1) is 12.3. The van der Waals surface area contributed by atoms with Gasteiger partial charge in [-0.2, -0.15) is 0 Å². The second-order valence-electron chi connectivity index (χ2n) is 3.08. The van der Waals surface area contributed by atoms with Crippen molar-refractivity contribution in [3.8, 4) is 5.75 Å². The standard InChI is InChI=1S/C11H10ClNO3/c1-7(2)10(14)13-11(15)16-9-5-3-8(12)4-6-9/h3-6H,1H2,2H3,(H,13,14,15). The van der Waals surface area contributed by atoms with E-state index in [0.29, 0.717) is 10.8 Å². The fraction of sp³-hybridized carbons (Fsp3) is 0.0909. The lowest BCUT2D eigenvalue weighted by atomic mass is 10.3. The number of halogens is 1. The summed E-state index contributed by atoms with van der Waals surface area (Å²) in [4.78, 5) is 22.2. The molecule has 84 valence electrons. The van der Waals surface area contributed by atoms with Crippen LogP contribution in [0.3, 0.4) is 0 Å². The zero-order chi connectivity index (χ0) is 12.1. The first-order chi connectivity index (χ1) is 7.49. The summed E-state index contributed by atoms with van der Waals surface area (Å²) in [6.45, 7) is 4.88. The van der Waals surface area contributed by atoms with Crippen molar-refractivity contribution in [1.82, 2.24) is 5.32 Å². The molecule has 1 rings (SSSR count). The van der Waals surface area contributed by atoms with Gasteiger partial charge in [0, 0.05) is 10.6 Å². The Labute approximate surface area is 97.9 Å².